The summed E-state index contributed by atoms with van der Waals surface area (Å²) in [4.78, 5) is 13.0. The minimum atomic E-state index is -0.845. The molecule has 0 aliphatic rings. The zero-order valence-corrected chi connectivity index (χ0v) is 9.12. The highest BCUT2D eigenvalue weighted by Gasteiger charge is 2.18. The fourth-order valence-electron chi connectivity index (χ4n) is 1.10. The number of aliphatic hydroxyl groups excluding tert-OH is 1. The van der Waals surface area contributed by atoms with Crippen molar-refractivity contribution in [1.82, 2.24) is 4.90 Å². The van der Waals surface area contributed by atoms with Gasteiger partial charge >= 0.3 is 5.97 Å². The molecule has 0 aromatic carbocycles. The molecule has 0 aromatic rings. The number of hydrogen-bond donors (Lipinski definition) is 1. The zero-order valence-electron chi connectivity index (χ0n) is 9.12. The summed E-state index contributed by atoms with van der Waals surface area (Å²) in [6.07, 6.45) is -0.845. The molecule has 0 spiro atoms. The van der Waals surface area contributed by atoms with Crippen LogP contribution >= 0.6 is 0 Å². The SMILES string of the molecule is C=C(C(=O)OC)C(O)CN(CC)CC. The lowest BCUT2D eigenvalue weighted by atomic mass is 10.1. The number of hydrogen-bond acceptors (Lipinski definition) is 4. The van der Waals surface area contributed by atoms with Crippen molar-refractivity contribution < 1.29 is 14.6 Å². The summed E-state index contributed by atoms with van der Waals surface area (Å²) in [5.41, 5.74) is 0.111. The van der Waals surface area contributed by atoms with Crippen LogP contribution in [0.3, 0.4) is 0 Å². The van der Waals surface area contributed by atoms with Crippen molar-refractivity contribution in [3.05, 3.63) is 12.2 Å². The number of aliphatic hydroxyl groups is 1. The maximum Gasteiger partial charge on any atom is 0.335 e. The fraction of sp³-hybridized carbons (Fsp3) is 0.700. The van der Waals surface area contributed by atoms with Crippen molar-refractivity contribution >= 4 is 5.97 Å². The van der Waals surface area contributed by atoms with Crippen molar-refractivity contribution in [3.63, 3.8) is 0 Å². The summed E-state index contributed by atoms with van der Waals surface area (Å²) in [7, 11) is 1.28. The summed E-state index contributed by atoms with van der Waals surface area (Å²) in [6, 6.07) is 0. The van der Waals surface area contributed by atoms with E-state index in [0.29, 0.717) is 6.54 Å². The van der Waals surface area contributed by atoms with Gasteiger partial charge in [0.15, 0.2) is 0 Å². The number of likely N-dealkylation sites (N-methyl/N-ethyl adjacent to an activating group) is 1. The van der Waals surface area contributed by atoms with E-state index in [1.807, 2.05) is 18.7 Å². The molecule has 0 saturated carbocycles. The highest BCUT2D eigenvalue weighted by atomic mass is 16.5. The molecule has 0 heterocycles. The Hall–Kier alpha value is -0.870. The van der Waals surface area contributed by atoms with E-state index < -0.39 is 12.1 Å². The van der Waals surface area contributed by atoms with Gasteiger partial charge in [-0.15, -0.1) is 0 Å². The molecule has 14 heavy (non-hydrogen) atoms. The molecule has 0 aliphatic heterocycles. The maximum atomic E-state index is 11.0. The molecule has 0 fully saturated rings. The highest BCUT2D eigenvalue weighted by molar-refractivity contribution is 5.88. The van der Waals surface area contributed by atoms with Crippen LogP contribution in [-0.2, 0) is 9.53 Å². The lowest BCUT2D eigenvalue weighted by molar-refractivity contribution is -0.137. The maximum absolute atomic E-state index is 11.0. The molecule has 0 amide bonds. The molecule has 4 nitrogen and oxygen atoms in total. The van der Waals surface area contributed by atoms with E-state index in [2.05, 4.69) is 11.3 Å². The predicted molar refractivity (Wildman–Crippen MR) is 55.0 cm³/mol. The number of carbonyl (C=O) groups is 1. The van der Waals surface area contributed by atoms with Crippen LogP contribution < -0.4 is 0 Å². The van der Waals surface area contributed by atoms with Crippen LogP contribution in [0.4, 0.5) is 0 Å². The number of rotatable bonds is 6. The second kappa shape index (κ2) is 6.56. The number of methoxy groups -OCH3 is 1. The van der Waals surface area contributed by atoms with Crippen LogP contribution in [0, 0.1) is 0 Å². The Bertz CT molecular complexity index is 200. The van der Waals surface area contributed by atoms with E-state index >= 15 is 0 Å². The molecule has 1 atom stereocenters. The first kappa shape index (κ1) is 13.1. The standard InChI is InChI=1S/C10H19NO3/c1-5-11(6-2)7-9(12)8(3)10(13)14-4/h9,12H,3,5-7H2,1-2,4H3. The van der Waals surface area contributed by atoms with Crippen LogP contribution in [0.2, 0.25) is 0 Å². The topological polar surface area (TPSA) is 49.8 Å². The van der Waals surface area contributed by atoms with E-state index in [0.717, 1.165) is 13.1 Å². The zero-order chi connectivity index (χ0) is 11.1. The van der Waals surface area contributed by atoms with E-state index in [1.165, 1.54) is 7.11 Å². The molecule has 1 unspecified atom stereocenters. The summed E-state index contributed by atoms with van der Waals surface area (Å²) in [6.45, 7) is 9.58. The summed E-state index contributed by atoms with van der Waals surface area (Å²) in [5.74, 6) is -0.551. The predicted octanol–water partition coefficient (Wildman–Crippen LogP) is 0.418. The number of ether oxygens (including phenoxy) is 1. The summed E-state index contributed by atoms with van der Waals surface area (Å²) in [5, 5.41) is 9.61. The molecular weight excluding hydrogens is 182 g/mol. The van der Waals surface area contributed by atoms with Gasteiger partial charge in [0.05, 0.1) is 18.8 Å². The van der Waals surface area contributed by atoms with Gasteiger partial charge in [0, 0.05) is 6.54 Å². The van der Waals surface area contributed by atoms with Crippen LogP contribution in [-0.4, -0.2) is 48.8 Å². The van der Waals surface area contributed by atoms with E-state index in [9.17, 15) is 9.90 Å². The second-order valence-electron chi connectivity index (χ2n) is 3.02. The van der Waals surface area contributed by atoms with Crippen LogP contribution in [0.25, 0.3) is 0 Å². The van der Waals surface area contributed by atoms with Gasteiger partial charge in [0.25, 0.3) is 0 Å². The largest absolute Gasteiger partial charge is 0.466 e. The Labute approximate surface area is 85.2 Å². The van der Waals surface area contributed by atoms with Crippen molar-refractivity contribution in [2.75, 3.05) is 26.7 Å². The molecule has 0 rings (SSSR count). The van der Waals surface area contributed by atoms with E-state index in [1.54, 1.807) is 0 Å². The monoisotopic (exact) mass is 201 g/mol. The van der Waals surface area contributed by atoms with E-state index in [4.69, 9.17) is 0 Å². The third-order valence-electron chi connectivity index (χ3n) is 2.18. The third kappa shape index (κ3) is 3.89. The quantitative estimate of drug-likeness (QED) is 0.500. The average molecular weight is 201 g/mol. The molecule has 4 heteroatoms. The van der Waals surface area contributed by atoms with Gasteiger partial charge in [-0.25, -0.2) is 4.79 Å². The second-order valence-corrected chi connectivity index (χ2v) is 3.02. The first-order valence-electron chi connectivity index (χ1n) is 4.74. The molecular formula is C10H19NO3. The normalized spacial score (nSPS) is 12.6. The smallest absolute Gasteiger partial charge is 0.335 e. The molecule has 0 aliphatic carbocycles. The lowest BCUT2D eigenvalue weighted by Crippen LogP contribution is -2.34. The van der Waals surface area contributed by atoms with Crippen molar-refractivity contribution in [3.8, 4) is 0 Å². The Morgan fingerprint density at radius 3 is 2.36 bits per heavy atom. The number of carbonyl (C=O) groups excluding carboxylic acids is 1. The van der Waals surface area contributed by atoms with Crippen molar-refractivity contribution in [2.45, 2.75) is 20.0 Å². The van der Waals surface area contributed by atoms with Crippen molar-refractivity contribution in [1.29, 1.82) is 0 Å². The van der Waals surface area contributed by atoms with Gasteiger partial charge in [-0.3, -0.25) is 0 Å². The number of esters is 1. The molecule has 0 bridgehead atoms. The fourth-order valence-corrected chi connectivity index (χ4v) is 1.10. The molecule has 1 N–H and O–H groups in total. The van der Waals surface area contributed by atoms with Crippen LogP contribution in [0.1, 0.15) is 13.8 Å². The summed E-state index contributed by atoms with van der Waals surface area (Å²) < 4.78 is 4.46. The van der Waals surface area contributed by atoms with Gasteiger partial charge in [0.1, 0.15) is 0 Å². The first-order chi connectivity index (χ1) is 6.56. The third-order valence-corrected chi connectivity index (χ3v) is 2.18. The van der Waals surface area contributed by atoms with Crippen molar-refractivity contribution in [2.24, 2.45) is 0 Å². The van der Waals surface area contributed by atoms with Gasteiger partial charge in [0.2, 0.25) is 0 Å². The average Bonchev–Trinajstić information content (AvgIpc) is 2.23. The van der Waals surface area contributed by atoms with E-state index in [-0.39, 0.29) is 5.57 Å². The van der Waals surface area contributed by atoms with Gasteiger partial charge < -0.3 is 14.7 Å². The Morgan fingerprint density at radius 1 is 1.50 bits per heavy atom. The van der Waals surface area contributed by atoms with Crippen LogP contribution in [0.15, 0.2) is 12.2 Å². The first-order valence-corrected chi connectivity index (χ1v) is 4.74. The Balaban J connectivity index is 4.12. The minimum Gasteiger partial charge on any atom is -0.466 e. The Kier molecular flexibility index (Phi) is 6.16. The molecule has 82 valence electrons. The molecule has 0 radical (unpaired) electrons. The number of nitrogens with zero attached hydrogens (tertiary/aromatic N) is 1. The van der Waals surface area contributed by atoms with Crippen LogP contribution in [0.5, 0.6) is 0 Å². The van der Waals surface area contributed by atoms with Gasteiger partial charge in [-0.2, -0.15) is 0 Å². The van der Waals surface area contributed by atoms with Gasteiger partial charge in [-0.1, -0.05) is 20.4 Å². The minimum absolute atomic E-state index is 0.111. The van der Waals surface area contributed by atoms with Gasteiger partial charge in [-0.05, 0) is 13.1 Å². The Morgan fingerprint density at radius 2 is 2.00 bits per heavy atom. The summed E-state index contributed by atoms with van der Waals surface area (Å²) >= 11 is 0. The molecule has 0 saturated heterocycles. The molecule has 0 aromatic heterocycles. The highest BCUT2D eigenvalue weighted by Crippen LogP contribution is 2.04. The lowest BCUT2D eigenvalue weighted by Gasteiger charge is -2.22.